The number of halogens is 2. The van der Waals surface area contributed by atoms with Gasteiger partial charge in [0.2, 0.25) is 0 Å². The lowest BCUT2D eigenvalue weighted by atomic mass is 10.2. The van der Waals surface area contributed by atoms with Crippen LogP contribution in [0, 0.1) is 11.3 Å². The molecule has 84 valence electrons. The molecular weight excluding hydrogens is 259 g/mol. The number of hydrogen-bond acceptors (Lipinski definition) is 3. The summed E-state index contributed by atoms with van der Waals surface area (Å²) < 4.78 is 5.50. The van der Waals surface area contributed by atoms with Gasteiger partial charge in [-0.25, -0.2) is 0 Å². The van der Waals surface area contributed by atoms with Crippen molar-refractivity contribution in [3.63, 3.8) is 0 Å². The Balaban J connectivity index is 2.25. The third-order valence-corrected chi connectivity index (χ3v) is 2.50. The number of aromatic nitrogens is 1. The average molecular weight is 265 g/mol. The first kappa shape index (κ1) is 11.7. The van der Waals surface area contributed by atoms with Crippen LogP contribution in [-0.2, 0) is 0 Å². The maximum Gasteiger partial charge on any atom is 0.147 e. The molecule has 5 heteroatoms. The fourth-order valence-electron chi connectivity index (χ4n) is 1.23. The van der Waals surface area contributed by atoms with Crippen molar-refractivity contribution in [2.24, 2.45) is 0 Å². The molecule has 2 rings (SSSR count). The van der Waals surface area contributed by atoms with E-state index >= 15 is 0 Å². The van der Waals surface area contributed by atoms with Crippen LogP contribution >= 0.6 is 23.2 Å². The van der Waals surface area contributed by atoms with Crippen molar-refractivity contribution in [1.29, 1.82) is 5.26 Å². The molecule has 0 saturated carbocycles. The molecule has 2 aromatic rings. The van der Waals surface area contributed by atoms with Crippen LogP contribution in [0.2, 0.25) is 10.0 Å². The van der Waals surface area contributed by atoms with E-state index in [9.17, 15) is 0 Å². The van der Waals surface area contributed by atoms with Crippen LogP contribution in [-0.4, -0.2) is 4.98 Å². The third kappa shape index (κ3) is 2.88. The van der Waals surface area contributed by atoms with Crippen molar-refractivity contribution in [2.75, 3.05) is 0 Å². The zero-order chi connectivity index (χ0) is 12.3. The molecule has 1 heterocycles. The van der Waals surface area contributed by atoms with Crippen LogP contribution < -0.4 is 4.74 Å². The number of rotatable bonds is 2. The highest BCUT2D eigenvalue weighted by molar-refractivity contribution is 6.31. The highest BCUT2D eigenvalue weighted by Gasteiger charge is 2.03. The van der Waals surface area contributed by atoms with E-state index in [0.29, 0.717) is 27.1 Å². The van der Waals surface area contributed by atoms with Crippen molar-refractivity contribution in [1.82, 2.24) is 4.98 Å². The van der Waals surface area contributed by atoms with Gasteiger partial charge in [-0.1, -0.05) is 23.2 Å². The minimum Gasteiger partial charge on any atom is -0.456 e. The molecule has 0 amide bonds. The van der Waals surface area contributed by atoms with E-state index in [-0.39, 0.29) is 0 Å². The molecule has 0 radical (unpaired) electrons. The van der Waals surface area contributed by atoms with E-state index < -0.39 is 0 Å². The van der Waals surface area contributed by atoms with Gasteiger partial charge in [0.1, 0.15) is 17.6 Å². The summed E-state index contributed by atoms with van der Waals surface area (Å²) in [4.78, 5) is 3.89. The van der Waals surface area contributed by atoms with Crippen LogP contribution in [0.5, 0.6) is 11.5 Å². The molecule has 0 aliphatic carbocycles. The lowest BCUT2D eigenvalue weighted by Gasteiger charge is -2.06. The number of pyridine rings is 1. The van der Waals surface area contributed by atoms with Gasteiger partial charge in [-0.15, -0.1) is 0 Å². The molecule has 0 bridgehead atoms. The maximum atomic E-state index is 8.73. The Morgan fingerprint density at radius 1 is 1.12 bits per heavy atom. The van der Waals surface area contributed by atoms with Gasteiger partial charge in [-0.2, -0.15) is 5.26 Å². The lowest BCUT2D eigenvalue weighted by molar-refractivity contribution is 0.480. The Labute approximate surface area is 108 Å². The van der Waals surface area contributed by atoms with Gasteiger partial charge >= 0.3 is 0 Å². The Bertz CT molecular complexity index is 593. The van der Waals surface area contributed by atoms with Crippen LogP contribution in [0.4, 0.5) is 0 Å². The second-order valence-electron chi connectivity index (χ2n) is 3.19. The van der Waals surface area contributed by atoms with Crippen LogP contribution in [0.1, 0.15) is 5.56 Å². The second kappa shape index (κ2) is 5.05. The van der Waals surface area contributed by atoms with Gasteiger partial charge in [0.05, 0.1) is 21.8 Å². The quantitative estimate of drug-likeness (QED) is 0.822. The molecule has 17 heavy (non-hydrogen) atoms. The lowest BCUT2D eigenvalue weighted by Crippen LogP contribution is -1.86. The predicted molar refractivity (Wildman–Crippen MR) is 65.5 cm³/mol. The Hall–Kier alpha value is -1.76. The summed E-state index contributed by atoms with van der Waals surface area (Å²) in [7, 11) is 0. The summed E-state index contributed by atoms with van der Waals surface area (Å²) in [6.07, 6.45) is 3.05. The molecule has 0 saturated heterocycles. The number of ether oxygens (including phenoxy) is 1. The van der Waals surface area contributed by atoms with Crippen molar-refractivity contribution in [3.8, 4) is 17.6 Å². The second-order valence-corrected chi connectivity index (χ2v) is 4.04. The monoisotopic (exact) mass is 264 g/mol. The standard InChI is InChI=1S/C12H6Cl2N2O/c13-9-3-11(7-16-6-9)17-10-2-1-8(5-15)12(14)4-10/h1-4,6-7H. The summed E-state index contributed by atoms with van der Waals surface area (Å²) in [5.74, 6) is 1.04. The molecule has 0 spiro atoms. The molecule has 0 unspecified atom stereocenters. The molecule has 1 aromatic heterocycles. The fraction of sp³-hybridized carbons (Fsp3) is 0. The van der Waals surface area contributed by atoms with E-state index in [0.717, 1.165) is 0 Å². The molecule has 1 aromatic carbocycles. The average Bonchev–Trinajstić information content (AvgIpc) is 2.29. The topological polar surface area (TPSA) is 45.9 Å². The van der Waals surface area contributed by atoms with Gasteiger partial charge in [0, 0.05) is 18.3 Å². The fourth-order valence-corrected chi connectivity index (χ4v) is 1.61. The maximum absolute atomic E-state index is 8.73. The summed E-state index contributed by atoms with van der Waals surface area (Å²) in [5.41, 5.74) is 0.406. The van der Waals surface area contributed by atoms with E-state index in [1.807, 2.05) is 6.07 Å². The minimum absolute atomic E-state index is 0.347. The first-order valence-corrected chi connectivity index (χ1v) is 5.42. The summed E-state index contributed by atoms with van der Waals surface area (Å²) in [6.45, 7) is 0. The Morgan fingerprint density at radius 2 is 1.94 bits per heavy atom. The van der Waals surface area contributed by atoms with Gasteiger partial charge in [0.25, 0.3) is 0 Å². The summed E-state index contributed by atoms with van der Waals surface area (Å²) in [6, 6.07) is 8.44. The van der Waals surface area contributed by atoms with E-state index in [4.69, 9.17) is 33.2 Å². The van der Waals surface area contributed by atoms with Crippen molar-refractivity contribution >= 4 is 23.2 Å². The van der Waals surface area contributed by atoms with Gasteiger partial charge in [0.15, 0.2) is 0 Å². The molecule has 0 fully saturated rings. The van der Waals surface area contributed by atoms with Crippen LogP contribution in [0.15, 0.2) is 36.7 Å². The van der Waals surface area contributed by atoms with Crippen molar-refractivity contribution in [2.45, 2.75) is 0 Å². The van der Waals surface area contributed by atoms with Gasteiger partial charge < -0.3 is 4.74 Å². The van der Waals surface area contributed by atoms with E-state index in [2.05, 4.69) is 4.98 Å². The Morgan fingerprint density at radius 3 is 2.59 bits per heavy atom. The minimum atomic E-state index is 0.347. The van der Waals surface area contributed by atoms with E-state index in [1.54, 1.807) is 24.3 Å². The predicted octanol–water partition coefficient (Wildman–Crippen LogP) is 4.05. The Kier molecular flexibility index (Phi) is 3.48. The van der Waals surface area contributed by atoms with E-state index in [1.165, 1.54) is 12.4 Å². The van der Waals surface area contributed by atoms with Crippen molar-refractivity contribution < 1.29 is 4.74 Å². The first-order valence-electron chi connectivity index (χ1n) is 4.67. The number of nitrogens with zero attached hydrogens (tertiary/aromatic N) is 2. The molecule has 0 aliphatic rings. The van der Waals surface area contributed by atoms with Crippen molar-refractivity contribution in [3.05, 3.63) is 52.3 Å². The zero-order valence-corrected chi connectivity index (χ0v) is 10.0. The SMILES string of the molecule is N#Cc1ccc(Oc2cncc(Cl)c2)cc1Cl. The number of hydrogen-bond donors (Lipinski definition) is 0. The zero-order valence-electron chi connectivity index (χ0n) is 8.52. The summed E-state index contributed by atoms with van der Waals surface area (Å²) >= 11 is 11.7. The molecule has 0 aliphatic heterocycles. The number of nitriles is 1. The van der Waals surface area contributed by atoms with Gasteiger partial charge in [-0.05, 0) is 12.1 Å². The first-order chi connectivity index (χ1) is 8.19. The molecule has 0 atom stereocenters. The third-order valence-electron chi connectivity index (χ3n) is 1.98. The number of benzene rings is 1. The highest BCUT2D eigenvalue weighted by atomic mass is 35.5. The van der Waals surface area contributed by atoms with Crippen LogP contribution in [0.25, 0.3) is 0 Å². The van der Waals surface area contributed by atoms with Crippen LogP contribution in [0.3, 0.4) is 0 Å². The highest BCUT2D eigenvalue weighted by Crippen LogP contribution is 2.27. The molecule has 3 nitrogen and oxygen atoms in total. The smallest absolute Gasteiger partial charge is 0.147 e. The van der Waals surface area contributed by atoms with Gasteiger partial charge in [-0.3, -0.25) is 4.98 Å². The molecule has 0 N–H and O–H groups in total. The normalized spacial score (nSPS) is 9.71. The molecular formula is C12H6Cl2N2O. The summed E-state index contributed by atoms with van der Waals surface area (Å²) in [5, 5.41) is 9.57. The largest absolute Gasteiger partial charge is 0.456 e.